The van der Waals surface area contributed by atoms with Crippen molar-refractivity contribution in [3.8, 4) is 5.75 Å². The summed E-state index contributed by atoms with van der Waals surface area (Å²) in [5.74, 6) is 0.507. The molecule has 0 atom stereocenters. The maximum Gasteiger partial charge on any atom is 0.256 e. The van der Waals surface area contributed by atoms with Gasteiger partial charge in [-0.25, -0.2) is 0 Å². The SMILES string of the molecule is COc1cc(NC(=O)c2ccc(C)cc2Br)ccc1Br. The van der Waals surface area contributed by atoms with Crippen LogP contribution in [0.5, 0.6) is 5.75 Å². The molecular formula is C15H13Br2NO2. The number of nitrogens with one attached hydrogen (secondary N) is 1. The first kappa shape index (κ1) is 15.1. The fourth-order valence-electron chi connectivity index (χ4n) is 1.74. The van der Waals surface area contributed by atoms with Crippen molar-refractivity contribution < 1.29 is 9.53 Å². The van der Waals surface area contributed by atoms with E-state index in [2.05, 4.69) is 37.2 Å². The zero-order chi connectivity index (χ0) is 14.7. The zero-order valence-electron chi connectivity index (χ0n) is 11.0. The van der Waals surface area contributed by atoms with E-state index >= 15 is 0 Å². The number of aryl methyl sites for hydroxylation is 1. The van der Waals surface area contributed by atoms with Crippen molar-refractivity contribution >= 4 is 43.5 Å². The molecule has 3 nitrogen and oxygen atoms in total. The quantitative estimate of drug-likeness (QED) is 0.807. The lowest BCUT2D eigenvalue weighted by Crippen LogP contribution is -2.12. The van der Waals surface area contributed by atoms with Gasteiger partial charge in [-0.3, -0.25) is 4.79 Å². The van der Waals surface area contributed by atoms with E-state index in [4.69, 9.17) is 4.74 Å². The van der Waals surface area contributed by atoms with E-state index in [1.807, 2.05) is 31.2 Å². The summed E-state index contributed by atoms with van der Waals surface area (Å²) in [5.41, 5.74) is 2.37. The van der Waals surface area contributed by atoms with Crippen molar-refractivity contribution in [2.24, 2.45) is 0 Å². The zero-order valence-corrected chi connectivity index (χ0v) is 14.2. The summed E-state index contributed by atoms with van der Waals surface area (Å²) in [5, 5.41) is 2.85. The van der Waals surface area contributed by atoms with Gasteiger partial charge in [0.2, 0.25) is 0 Å². The van der Waals surface area contributed by atoms with E-state index < -0.39 is 0 Å². The highest BCUT2D eigenvalue weighted by atomic mass is 79.9. The predicted octanol–water partition coefficient (Wildman–Crippen LogP) is 4.78. The van der Waals surface area contributed by atoms with Crippen LogP contribution in [0.15, 0.2) is 45.3 Å². The summed E-state index contributed by atoms with van der Waals surface area (Å²) in [6, 6.07) is 11.0. The number of halogens is 2. The number of ether oxygens (including phenoxy) is 1. The number of anilines is 1. The van der Waals surface area contributed by atoms with Gasteiger partial charge >= 0.3 is 0 Å². The minimum absolute atomic E-state index is 0.166. The average Bonchev–Trinajstić information content (AvgIpc) is 2.40. The first-order chi connectivity index (χ1) is 9.51. The number of methoxy groups -OCH3 is 1. The molecule has 2 aromatic rings. The second-order valence-electron chi connectivity index (χ2n) is 4.29. The molecule has 0 aliphatic heterocycles. The molecule has 0 radical (unpaired) electrons. The van der Waals surface area contributed by atoms with E-state index in [9.17, 15) is 4.79 Å². The number of benzene rings is 2. The normalized spacial score (nSPS) is 10.2. The molecule has 0 fully saturated rings. The van der Waals surface area contributed by atoms with Gasteiger partial charge in [0.25, 0.3) is 5.91 Å². The second-order valence-corrected chi connectivity index (χ2v) is 6.00. The van der Waals surface area contributed by atoms with E-state index in [1.54, 1.807) is 19.2 Å². The molecule has 0 aliphatic carbocycles. The summed E-state index contributed by atoms with van der Waals surface area (Å²) < 4.78 is 6.82. The molecule has 0 saturated carbocycles. The van der Waals surface area contributed by atoms with E-state index in [0.29, 0.717) is 17.0 Å². The Morgan fingerprint density at radius 3 is 2.50 bits per heavy atom. The summed E-state index contributed by atoms with van der Waals surface area (Å²) >= 11 is 6.78. The standard InChI is InChI=1S/C15H13Br2NO2/c1-9-3-5-11(13(17)7-9)15(19)18-10-4-6-12(16)14(8-10)20-2/h3-8H,1-2H3,(H,18,19). The molecule has 0 aliphatic rings. The number of hydrogen-bond acceptors (Lipinski definition) is 2. The molecule has 1 amide bonds. The lowest BCUT2D eigenvalue weighted by molar-refractivity contribution is 0.102. The molecule has 104 valence electrons. The van der Waals surface area contributed by atoms with E-state index in [0.717, 1.165) is 14.5 Å². The smallest absolute Gasteiger partial charge is 0.256 e. The van der Waals surface area contributed by atoms with Crippen LogP contribution in [0.2, 0.25) is 0 Å². The highest BCUT2D eigenvalue weighted by Crippen LogP contribution is 2.28. The van der Waals surface area contributed by atoms with Gasteiger partial charge in [0.15, 0.2) is 0 Å². The van der Waals surface area contributed by atoms with Gasteiger partial charge in [-0.2, -0.15) is 0 Å². The molecule has 0 aromatic heterocycles. The van der Waals surface area contributed by atoms with E-state index in [1.165, 1.54) is 0 Å². The largest absolute Gasteiger partial charge is 0.495 e. The number of carbonyl (C=O) groups is 1. The molecule has 0 saturated heterocycles. The van der Waals surface area contributed by atoms with Crippen LogP contribution in [-0.2, 0) is 0 Å². The number of hydrogen-bond donors (Lipinski definition) is 1. The minimum atomic E-state index is -0.166. The predicted molar refractivity (Wildman–Crippen MR) is 87.5 cm³/mol. The summed E-state index contributed by atoms with van der Waals surface area (Å²) in [4.78, 5) is 12.2. The molecule has 0 spiro atoms. The van der Waals surface area contributed by atoms with Crippen LogP contribution >= 0.6 is 31.9 Å². The average molecular weight is 399 g/mol. The fourth-order valence-corrected chi connectivity index (χ4v) is 2.82. The van der Waals surface area contributed by atoms with Crippen LogP contribution < -0.4 is 10.1 Å². The highest BCUT2D eigenvalue weighted by Gasteiger charge is 2.11. The van der Waals surface area contributed by atoms with Crippen molar-refractivity contribution in [2.45, 2.75) is 6.92 Å². The molecule has 5 heteroatoms. The summed E-state index contributed by atoms with van der Waals surface area (Å²) in [6.07, 6.45) is 0. The van der Waals surface area contributed by atoms with Crippen LogP contribution in [0.3, 0.4) is 0 Å². The molecule has 0 bridgehead atoms. The Morgan fingerprint density at radius 1 is 1.10 bits per heavy atom. The third-order valence-corrected chi connectivity index (χ3v) is 4.09. The van der Waals surface area contributed by atoms with Gasteiger partial charge in [-0.05, 0) is 68.6 Å². The lowest BCUT2D eigenvalue weighted by Gasteiger charge is -2.10. The van der Waals surface area contributed by atoms with Crippen LogP contribution in [0.4, 0.5) is 5.69 Å². The van der Waals surface area contributed by atoms with Crippen molar-refractivity contribution in [1.82, 2.24) is 0 Å². The lowest BCUT2D eigenvalue weighted by atomic mass is 10.1. The Kier molecular flexibility index (Phi) is 4.83. The molecule has 0 unspecified atom stereocenters. The minimum Gasteiger partial charge on any atom is -0.495 e. The van der Waals surface area contributed by atoms with Gasteiger partial charge in [-0.1, -0.05) is 6.07 Å². The van der Waals surface area contributed by atoms with Crippen molar-refractivity contribution in [3.63, 3.8) is 0 Å². The topological polar surface area (TPSA) is 38.3 Å². The number of rotatable bonds is 3. The maximum absolute atomic E-state index is 12.2. The fraction of sp³-hybridized carbons (Fsp3) is 0.133. The van der Waals surface area contributed by atoms with Crippen molar-refractivity contribution in [1.29, 1.82) is 0 Å². The monoisotopic (exact) mass is 397 g/mol. The Hall–Kier alpha value is -1.33. The summed E-state index contributed by atoms with van der Waals surface area (Å²) in [6.45, 7) is 1.98. The van der Waals surface area contributed by atoms with Crippen LogP contribution in [0.1, 0.15) is 15.9 Å². The number of amides is 1. The second kappa shape index (κ2) is 6.41. The van der Waals surface area contributed by atoms with Crippen molar-refractivity contribution in [3.05, 3.63) is 56.5 Å². The first-order valence-electron chi connectivity index (χ1n) is 5.92. The summed E-state index contributed by atoms with van der Waals surface area (Å²) in [7, 11) is 1.59. The van der Waals surface area contributed by atoms with Gasteiger partial charge < -0.3 is 10.1 Å². The number of carbonyl (C=O) groups excluding carboxylic acids is 1. The van der Waals surface area contributed by atoms with Crippen molar-refractivity contribution in [2.75, 3.05) is 12.4 Å². The Morgan fingerprint density at radius 2 is 1.85 bits per heavy atom. The third-order valence-electron chi connectivity index (χ3n) is 2.78. The highest BCUT2D eigenvalue weighted by molar-refractivity contribution is 9.10. The van der Waals surface area contributed by atoms with Gasteiger partial charge in [0.05, 0.1) is 17.1 Å². The molecule has 1 N–H and O–H groups in total. The molecule has 2 aromatic carbocycles. The Balaban J connectivity index is 2.23. The third kappa shape index (κ3) is 3.41. The first-order valence-corrected chi connectivity index (χ1v) is 7.51. The van der Waals surface area contributed by atoms with Gasteiger partial charge in [0, 0.05) is 16.2 Å². The molecule has 20 heavy (non-hydrogen) atoms. The molecular weight excluding hydrogens is 386 g/mol. The Labute approximate surface area is 134 Å². The van der Waals surface area contributed by atoms with Gasteiger partial charge in [0.1, 0.15) is 5.75 Å². The van der Waals surface area contributed by atoms with Gasteiger partial charge in [-0.15, -0.1) is 0 Å². The molecule has 0 heterocycles. The van der Waals surface area contributed by atoms with Crippen LogP contribution in [0.25, 0.3) is 0 Å². The molecule has 2 rings (SSSR count). The Bertz CT molecular complexity index is 656. The van der Waals surface area contributed by atoms with Crippen LogP contribution in [0, 0.1) is 6.92 Å². The maximum atomic E-state index is 12.2. The van der Waals surface area contributed by atoms with Crippen LogP contribution in [-0.4, -0.2) is 13.0 Å². The van der Waals surface area contributed by atoms with E-state index in [-0.39, 0.29) is 5.91 Å².